The lowest BCUT2D eigenvalue weighted by Crippen LogP contribution is -2.01. The zero-order valence-electron chi connectivity index (χ0n) is 10.6. The van der Waals surface area contributed by atoms with E-state index in [-0.39, 0.29) is 0 Å². The van der Waals surface area contributed by atoms with Crippen LogP contribution in [0, 0.1) is 0 Å². The molecule has 0 amide bonds. The van der Waals surface area contributed by atoms with Gasteiger partial charge in [-0.1, -0.05) is 30.3 Å². The molecule has 0 spiro atoms. The Morgan fingerprint density at radius 2 is 2.00 bits per heavy atom. The molecule has 2 heterocycles. The molecule has 0 radical (unpaired) electrons. The quantitative estimate of drug-likeness (QED) is 0.743. The standard InChI is InChI=1S/C15H13BrN2OS/c16-14-7-6-11(20-14)8-13(19)12-9-17-18-15(12)10-4-2-1-3-5-10/h1-7,9,13,19H,8H2,(H,17,18). The van der Waals surface area contributed by atoms with Crippen molar-refractivity contribution < 1.29 is 5.11 Å². The number of nitrogens with zero attached hydrogens (tertiary/aromatic N) is 1. The van der Waals surface area contributed by atoms with Crippen LogP contribution in [-0.4, -0.2) is 15.3 Å². The Balaban J connectivity index is 1.86. The number of halogens is 1. The van der Waals surface area contributed by atoms with Crippen molar-refractivity contribution in [1.82, 2.24) is 10.2 Å². The summed E-state index contributed by atoms with van der Waals surface area (Å²) in [6.45, 7) is 0. The van der Waals surface area contributed by atoms with Gasteiger partial charge in [0.2, 0.25) is 0 Å². The molecule has 5 heteroatoms. The van der Waals surface area contributed by atoms with Gasteiger partial charge in [-0.05, 0) is 33.6 Å². The summed E-state index contributed by atoms with van der Waals surface area (Å²) in [6.07, 6.45) is 1.74. The fourth-order valence-electron chi connectivity index (χ4n) is 2.15. The van der Waals surface area contributed by atoms with E-state index in [0.717, 1.165) is 25.5 Å². The largest absolute Gasteiger partial charge is 0.388 e. The highest BCUT2D eigenvalue weighted by Gasteiger charge is 2.17. The van der Waals surface area contributed by atoms with Gasteiger partial charge >= 0.3 is 0 Å². The van der Waals surface area contributed by atoms with Crippen molar-refractivity contribution >= 4 is 27.3 Å². The predicted octanol–water partition coefficient (Wildman–Crippen LogP) is 4.18. The van der Waals surface area contributed by atoms with Gasteiger partial charge in [0.05, 0.1) is 21.8 Å². The molecule has 0 aliphatic carbocycles. The average Bonchev–Trinajstić information content (AvgIpc) is 3.09. The summed E-state index contributed by atoms with van der Waals surface area (Å²) >= 11 is 5.08. The molecule has 0 saturated carbocycles. The number of rotatable bonds is 4. The van der Waals surface area contributed by atoms with Crippen LogP contribution in [0.25, 0.3) is 11.3 Å². The summed E-state index contributed by atoms with van der Waals surface area (Å²) in [5.74, 6) is 0. The maximum absolute atomic E-state index is 10.4. The van der Waals surface area contributed by atoms with Crippen LogP contribution in [0.3, 0.4) is 0 Å². The van der Waals surface area contributed by atoms with E-state index in [1.54, 1.807) is 17.5 Å². The van der Waals surface area contributed by atoms with E-state index in [1.165, 1.54) is 0 Å². The summed E-state index contributed by atoms with van der Waals surface area (Å²) in [6, 6.07) is 14.0. The van der Waals surface area contributed by atoms with Crippen LogP contribution in [0.4, 0.5) is 0 Å². The fraction of sp³-hybridized carbons (Fsp3) is 0.133. The van der Waals surface area contributed by atoms with Crippen molar-refractivity contribution in [2.45, 2.75) is 12.5 Å². The van der Waals surface area contributed by atoms with Crippen LogP contribution in [-0.2, 0) is 6.42 Å². The maximum Gasteiger partial charge on any atom is 0.0874 e. The van der Waals surface area contributed by atoms with E-state index < -0.39 is 6.10 Å². The summed E-state index contributed by atoms with van der Waals surface area (Å²) in [7, 11) is 0. The minimum Gasteiger partial charge on any atom is -0.388 e. The van der Waals surface area contributed by atoms with Crippen LogP contribution in [0.1, 0.15) is 16.5 Å². The van der Waals surface area contributed by atoms with Gasteiger partial charge in [0, 0.05) is 16.9 Å². The van der Waals surface area contributed by atoms with Crippen molar-refractivity contribution in [3.63, 3.8) is 0 Å². The molecule has 1 atom stereocenters. The normalized spacial score (nSPS) is 12.5. The molecule has 0 aliphatic rings. The number of aliphatic hydroxyl groups excluding tert-OH is 1. The Kier molecular flexibility index (Phi) is 4.00. The molecule has 102 valence electrons. The second-order valence-corrected chi connectivity index (χ2v) is 7.04. The molecular weight excluding hydrogens is 336 g/mol. The highest BCUT2D eigenvalue weighted by atomic mass is 79.9. The second-order valence-electron chi connectivity index (χ2n) is 4.49. The number of H-pyrrole nitrogens is 1. The number of hydrogen-bond donors (Lipinski definition) is 2. The van der Waals surface area contributed by atoms with Gasteiger partial charge in [-0.3, -0.25) is 5.10 Å². The van der Waals surface area contributed by atoms with Crippen molar-refractivity contribution in [3.8, 4) is 11.3 Å². The first-order chi connectivity index (χ1) is 9.74. The lowest BCUT2D eigenvalue weighted by molar-refractivity contribution is 0.180. The van der Waals surface area contributed by atoms with Gasteiger partial charge in [-0.25, -0.2) is 0 Å². The van der Waals surface area contributed by atoms with Gasteiger partial charge in [-0.15, -0.1) is 11.3 Å². The molecule has 1 aromatic carbocycles. The molecule has 3 rings (SSSR count). The maximum atomic E-state index is 10.4. The zero-order chi connectivity index (χ0) is 13.9. The van der Waals surface area contributed by atoms with Gasteiger partial charge < -0.3 is 5.11 Å². The summed E-state index contributed by atoms with van der Waals surface area (Å²) in [5, 5.41) is 17.5. The Labute approximate surface area is 129 Å². The fourth-order valence-corrected chi connectivity index (χ4v) is 3.67. The molecule has 0 fully saturated rings. The van der Waals surface area contributed by atoms with Crippen LogP contribution in [0.15, 0.2) is 52.4 Å². The summed E-state index contributed by atoms with van der Waals surface area (Å²) < 4.78 is 1.08. The first-order valence-electron chi connectivity index (χ1n) is 6.25. The average molecular weight is 349 g/mol. The monoisotopic (exact) mass is 348 g/mol. The molecule has 2 N–H and O–H groups in total. The Morgan fingerprint density at radius 3 is 2.70 bits per heavy atom. The topological polar surface area (TPSA) is 48.9 Å². The molecule has 0 bridgehead atoms. The zero-order valence-corrected chi connectivity index (χ0v) is 13.0. The first kappa shape index (κ1) is 13.5. The lowest BCUT2D eigenvalue weighted by Gasteiger charge is -2.10. The minimum absolute atomic E-state index is 0.561. The third kappa shape index (κ3) is 2.85. The Bertz CT molecular complexity index is 693. The Morgan fingerprint density at radius 1 is 1.20 bits per heavy atom. The van der Waals surface area contributed by atoms with Crippen molar-refractivity contribution in [3.05, 3.63) is 62.9 Å². The number of thiophene rings is 1. The smallest absolute Gasteiger partial charge is 0.0874 e. The Hall–Kier alpha value is -1.43. The van der Waals surface area contributed by atoms with Crippen LogP contribution >= 0.6 is 27.3 Å². The second kappa shape index (κ2) is 5.91. The van der Waals surface area contributed by atoms with E-state index in [2.05, 4.69) is 26.1 Å². The van der Waals surface area contributed by atoms with Crippen molar-refractivity contribution in [2.24, 2.45) is 0 Å². The lowest BCUT2D eigenvalue weighted by atomic mass is 10.0. The highest BCUT2D eigenvalue weighted by molar-refractivity contribution is 9.11. The number of benzene rings is 1. The van der Waals surface area contributed by atoms with Crippen molar-refractivity contribution in [2.75, 3.05) is 0 Å². The number of hydrogen-bond acceptors (Lipinski definition) is 3. The van der Waals surface area contributed by atoms with Gasteiger partial charge in [-0.2, -0.15) is 5.10 Å². The first-order valence-corrected chi connectivity index (χ1v) is 7.86. The van der Waals surface area contributed by atoms with Crippen LogP contribution in [0.2, 0.25) is 0 Å². The van der Waals surface area contributed by atoms with E-state index in [9.17, 15) is 5.11 Å². The number of aromatic amines is 1. The molecule has 0 saturated heterocycles. The van der Waals surface area contributed by atoms with Crippen LogP contribution < -0.4 is 0 Å². The molecule has 0 aliphatic heterocycles. The predicted molar refractivity (Wildman–Crippen MR) is 84.7 cm³/mol. The highest BCUT2D eigenvalue weighted by Crippen LogP contribution is 2.30. The third-order valence-corrected chi connectivity index (χ3v) is 4.76. The summed E-state index contributed by atoms with van der Waals surface area (Å²) in [5.41, 5.74) is 2.75. The number of aromatic nitrogens is 2. The number of nitrogens with one attached hydrogen (secondary N) is 1. The van der Waals surface area contributed by atoms with Crippen molar-refractivity contribution in [1.29, 1.82) is 0 Å². The minimum atomic E-state index is -0.561. The molecule has 3 nitrogen and oxygen atoms in total. The van der Waals surface area contributed by atoms with E-state index in [1.807, 2.05) is 42.5 Å². The molecule has 1 unspecified atom stereocenters. The number of aliphatic hydroxyl groups is 1. The molecule has 3 aromatic rings. The molecule has 2 aromatic heterocycles. The third-order valence-electron chi connectivity index (χ3n) is 3.11. The van der Waals surface area contributed by atoms with E-state index in [4.69, 9.17) is 0 Å². The van der Waals surface area contributed by atoms with Gasteiger partial charge in [0.1, 0.15) is 0 Å². The molecular formula is C15H13BrN2OS. The van der Waals surface area contributed by atoms with E-state index >= 15 is 0 Å². The van der Waals surface area contributed by atoms with Gasteiger partial charge in [0.15, 0.2) is 0 Å². The SMILES string of the molecule is OC(Cc1ccc(Br)s1)c1cn[nH]c1-c1ccccc1. The molecule has 20 heavy (non-hydrogen) atoms. The summed E-state index contributed by atoms with van der Waals surface area (Å²) in [4.78, 5) is 1.14. The van der Waals surface area contributed by atoms with Gasteiger partial charge in [0.25, 0.3) is 0 Å². The van der Waals surface area contributed by atoms with E-state index in [0.29, 0.717) is 6.42 Å². The van der Waals surface area contributed by atoms with Crippen LogP contribution in [0.5, 0.6) is 0 Å².